The van der Waals surface area contributed by atoms with Crippen LogP contribution in [0.25, 0.3) is 11.3 Å². The van der Waals surface area contributed by atoms with Crippen molar-refractivity contribution in [2.75, 3.05) is 48.4 Å². The number of hydrogen-bond donors (Lipinski definition) is 2. The zero-order valence-electron chi connectivity index (χ0n) is 15.3. The van der Waals surface area contributed by atoms with E-state index in [2.05, 4.69) is 35.9 Å². The van der Waals surface area contributed by atoms with Gasteiger partial charge in [-0.1, -0.05) is 17.3 Å². The van der Waals surface area contributed by atoms with Gasteiger partial charge in [0.2, 0.25) is 5.91 Å². The van der Waals surface area contributed by atoms with Gasteiger partial charge in [-0.05, 0) is 24.2 Å². The van der Waals surface area contributed by atoms with Crippen molar-refractivity contribution in [2.45, 2.75) is 6.92 Å². The standard InChI is InChI=1S/C18H20N6O3S/c1-12-17(23-27-22-12)21-16(25)10-19-14-4-2-13(3-5-14)15-11-28-18(20-15)24-6-8-26-9-7-24/h2-5,11,19H,6-10H2,1H3,(H,21,23,25). The molecule has 0 aliphatic carbocycles. The Balaban J connectivity index is 1.33. The molecule has 2 aromatic heterocycles. The third-order valence-electron chi connectivity index (χ3n) is 4.32. The molecular formula is C18H20N6O3S. The van der Waals surface area contributed by atoms with Gasteiger partial charge in [0.05, 0.1) is 25.5 Å². The molecule has 1 aliphatic heterocycles. The fourth-order valence-corrected chi connectivity index (χ4v) is 3.65. The normalized spacial score (nSPS) is 14.1. The van der Waals surface area contributed by atoms with Crippen molar-refractivity contribution in [1.82, 2.24) is 15.3 Å². The maximum absolute atomic E-state index is 12.0. The van der Waals surface area contributed by atoms with Gasteiger partial charge in [0.15, 0.2) is 10.9 Å². The molecule has 1 aliphatic rings. The molecular weight excluding hydrogens is 380 g/mol. The number of thiazole rings is 1. The van der Waals surface area contributed by atoms with E-state index in [1.54, 1.807) is 18.3 Å². The highest BCUT2D eigenvalue weighted by Crippen LogP contribution is 2.28. The van der Waals surface area contributed by atoms with Crippen LogP contribution in [0.3, 0.4) is 0 Å². The van der Waals surface area contributed by atoms with E-state index in [9.17, 15) is 4.79 Å². The highest BCUT2D eigenvalue weighted by atomic mass is 32.1. The Labute approximate surface area is 165 Å². The SMILES string of the molecule is Cc1nonc1NC(=O)CNc1ccc(-c2csc(N3CCOCC3)n2)cc1. The van der Waals surface area contributed by atoms with Gasteiger partial charge in [0.1, 0.15) is 5.69 Å². The van der Waals surface area contributed by atoms with Gasteiger partial charge in [-0.25, -0.2) is 9.61 Å². The number of amides is 1. The molecule has 0 spiro atoms. The number of aromatic nitrogens is 3. The second-order valence-electron chi connectivity index (χ2n) is 6.29. The van der Waals surface area contributed by atoms with E-state index in [1.165, 1.54) is 0 Å². The van der Waals surface area contributed by atoms with Crippen LogP contribution in [-0.4, -0.2) is 54.1 Å². The zero-order chi connectivity index (χ0) is 19.3. The molecule has 1 saturated heterocycles. The summed E-state index contributed by atoms with van der Waals surface area (Å²) >= 11 is 1.64. The molecule has 146 valence electrons. The van der Waals surface area contributed by atoms with Crippen molar-refractivity contribution in [3.05, 3.63) is 35.3 Å². The Morgan fingerprint density at radius 3 is 2.71 bits per heavy atom. The van der Waals surface area contributed by atoms with Gasteiger partial charge in [0, 0.05) is 29.7 Å². The lowest BCUT2D eigenvalue weighted by atomic mass is 10.1. The number of nitrogens with one attached hydrogen (secondary N) is 2. The van der Waals surface area contributed by atoms with Crippen molar-refractivity contribution in [1.29, 1.82) is 0 Å². The van der Waals surface area contributed by atoms with Crippen LogP contribution in [0.5, 0.6) is 0 Å². The van der Waals surface area contributed by atoms with Crippen LogP contribution in [0.2, 0.25) is 0 Å². The van der Waals surface area contributed by atoms with Gasteiger partial charge in [-0.15, -0.1) is 11.3 Å². The number of anilines is 3. The van der Waals surface area contributed by atoms with E-state index >= 15 is 0 Å². The molecule has 28 heavy (non-hydrogen) atoms. The van der Waals surface area contributed by atoms with E-state index in [-0.39, 0.29) is 12.5 Å². The topological polar surface area (TPSA) is 105 Å². The second-order valence-corrected chi connectivity index (χ2v) is 7.13. The summed E-state index contributed by atoms with van der Waals surface area (Å²) in [6.07, 6.45) is 0. The molecule has 10 heteroatoms. The molecule has 2 N–H and O–H groups in total. The Hall–Kier alpha value is -2.98. The Morgan fingerprint density at radius 1 is 1.21 bits per heavy atom. The molecule has 3 heterocycles. The van der Waals surface area contributed by atoms with Gasteiger partial charge in [0.25, 0.3) is 0 Å². The van der Waals surface area contributed by atoms with E-state index in [0.29, 0.717) is 11.5 Å². The van der Waals surface area contributed by atoms with Crippen LogP contribution in [-0.2, 0) is 9.53 Å². The predicted molar refractivity (Wildman–Crippen MR) is 107 cm³/mol. The number of aryl methyl sites for hydroxylation is 1. The molecule has 9 nitrogen and oxygen atoms in total. The van der Waals surface area contributed by atoms with E-state index in [4.69, 9.17) is 9.72 Å². The minimum atomic E-state index is -0.225. The molecule has 0 saturated carbocycles. The monoisotopic (exact) mass is 400 g/mol. The van der Waals surface area contributed by atoms with Crippen LogP contribution >= 0.6 is 11.3 Å². The lowest BCUT2D eigenvalue weighted by Crippen LogP contribution is -2.36. The third-order valence-corrected chi connectivity index (χ3v) is 5.22. The molecule has 1 fully saturated rings. The molecule has 3 aromatic rings. The Kier molecular flexibility index (Phi) is 5.49. The van der Waals surface area contributed by atoms with E-state index in [0.717, 1.165) is 48.4 Å². The first kappa shape index (κ1) is 18.4. The first-order chi connectivity index (χ1) is 13.7. The minimum absolute atomic E-state index is 0.115. The van der Waals surface area contributed by atoms with Crippen LogP contribution in [0.4, 0.5) is 16.6 Å². The number of benzene rings is 1. The number of rotatable bonds is 6. The lowest BCUT2D eigenvalue weighted by molar-refractivity contribution is -0.114. The zero-order valence-corrected chi connectivity index (χ0v) is 16.2. The summed E-state index contributed by atoms with van der Waals surface area (Å²) in [7, 11) is 0. The van der Waals surface area contributed by atoms with Crippen LogP contribution in [0, 0.1) is 6.92 Å². The van der Waals surface area contributed by atoms with Gasteiger partial charge < -0.3 is 20.3 Å². The smallest absolute Gasteiger partial charge is 0.244 e. The lowest BCUT2D eigenvalue weighted by Gasteiger charge is -2.26. The van der Waals surface area contributed by atoms with Gasteiger partial charge >= 0.3 is 0 Å². The summed E-state index contributed by atoms with van der Waals surface area (Å²) in [6.45, 7) is 5.07. The average molecular weight is 400 g/mol. The van der Waals surface area contributed by atoms with Crippen molar-refractivity contribution in [2.24, 2.45) is 0 Å². The summed E-state index contributed by atoms with van der Waals surface area (Å²) in [6, 6.07) is 7.84. The predicted octanol–water partition coefficient (Wildman–Crippen LogP) is 2.39. The highest BCUT2D eigenvalue weighted by Gasteiger charge is 2.15. The summed E-state index contributed by atoms with van der Waals surface area (Å²) in [4.78, 5) is 19.0. The number of carbonyl (C=O) groups excluding carboxylic acids is 1. The molecule has 1 amide bonds. The number of carbonyl (C=O) groups is 1. The molecule has 1 aromatic carbocycles. The van der Waals surface area contributed by atoms with Crippen LogP contribution < -0.4 is 15.5 Å². The average Bonchev–Trinajstić information content (AvgIpc) is 3.37. The maximum Gasteiger partial charge on any atom is 0.244 e. The van der Waals surface area contributed by atoms with Crippen molar-refractivity contribution >= 4 is 33.9 Å². The molecule has 0 bridgehead atoms. The molecule has 0 atom stereocenters. The summed E-state index contributed by atoms with van der Waals surface area (Å²) in [5.74, 6) is 0.110. The minimum Gasteiger partial charge on any atom is -0.378 e. The molecule has 0 radical (unpaired) electrons. The first-order valence-electron chi connectivity index (χ1n) is 8.90. The maximum atomic E-state index is 12.0. The summed E-state index contributed by atoms with van der Waals surface area (Å²) in [5, 5.41) is 16.1. The molecule has 0 unspecified atom stereocenters. The summed E-state index contributed by atoms with van der Waals surface area (Å²) < 4.78 is 9.94. The highest BCUT2D eigenvalue weighted by molar-refractivity contribution is 7.14. The number of hydrogen-bond acceptors (Lipinski definition) is 9. The number of morpholine rings is 1. The van der Waals surface area contributed by atoms with Crippen LogP contribution in [0.15, 0.2) is 34.3 Å². The fraction of sp³-hybridized carbons (Fsp3) is 0.333. The van der Waals surface area contributed by atoms with Crippen molar-refractivity contribution in [3.63, 3.8) is 0 Å². The second kappa shape index (κ2) is 8.36. The van der Waals surface area contributed by atoms with Crippen molar-refractivity contribution in [3.8, 4) is 11.3 Å². The van der Waals surface area contributed by atoms with Crippen LogP contribution in [0.1, 0.15) is 5.69 Å². The Bertz CT molecular complexity index is 933. The van der Waals surface area contributed by atoms with E-state index in [1.807, 2.05) is 24.3 Å². The van der Waals surface area contributed by atoms with Gasteiger partial charge in [-0.2, -0.15) is 0 Å². The molecule has 4 rings (SSSR count). The Morgan fingerprint density at radius 2 is 2.00 bits per heavy atom. The van der Waals surface area contributed by atoms with Gasteiger partial charge in [-0.3, -0.25) is 4.79 Å². The largest absolute Gasteiger partial charge is 0.378 e. The first-order valence-corrected chi connectivity index (χ1v) is 9.78. The van der Waals surface area contributed by atoms with E-state index < -0.39 is 0 Å². The quantitative estimate of drug-likeness (QED) is 0.650. The number of nitrogens with zero attached hydrogens (tertiary/aromatic N) is 4. The third kappa shape index (κ3) is 4.29. The number of ether oxygens (including phenoxy) is 1. The summed E-state index contributed by atoms with van der Waals surface area (Å²) in [5.41, 5.74) is 3.37. The van der Waals surface area contributed by atoms with Crippen molar-refractivity contribution < 1.29 is 14.2 Å². The fourth-order valence-electron chi connectivity index (χ4n) is 2.76.